The predicted molar refractivity (Wildman–Crippen MR) is 74.9 cm³/mol. The lowest BCUT2D eigenvalue weighted by Gasteiger charge is -2.20. The van der Waals surface area contributed by atoms with Gasteiger partial charge in [-0.05, 0) is 30.6 Å². The molecule has 1 heterocycles. The van der Waals surface area contributed by atoms with E-state index < -0.39 is 0 Å². The molecule has 17 heavy (non-hydrogen) atoms. The van der Waals surface area contributed by atoms with Gasteiger partial charge in [-0.25, -0.2) is 0 Å². The average molecular weight is 248 g/mol. The molecule has 1 aliphatic rings. The second kappa shape index (κ2) is 6.25. The summed E-state index contributed by atoms with van der Waals surface area (Å²) in [5.74, 6) is 1.47. The molecular formula is C15H20OS. The quantitative estimate of drug-likeness (QED) is 0.746. The zero-order chi connectivity index (χ0) is 12.1. The van der Waals surface area contributed by atoms with Crippen molar-refractivity contribution in [2.75, 3.05) is 5.75 Å². The summed E-state index contributed by atoms with van der Waals surface area (Å²) in [6.45, 7) is 2.18. The van der Waals surface area contributed by atoms with E-state index in [-0.39, 0.29) is 5.25 Å². The van der Waals surface area contributed by atoms with Crippen LogP contribution in [0.25, 0.3) is 0 Å². The molecule has 0 spiro atoms. The number of hydrogen-bond acceptors (Lipinski definition) is 2. The number of Topliss-reactive ketones (excluding diaryl/α,β-unsaturated/α-hetero) is 1. The van der Waals surface area contributed by atoms with Crippen LogP contribution in [0.2, 0.25) is 0 Å². The van der Waals surface area contributed by atoms with Gasteiger partial charge in [0.05, 0.1) is 5.25 Å². The van der Waals surface area contributed by atoms with E-state index >= 15 is 0 Å². The fourth-order valence-electron chi connectivity index (χ4n) is 2.26. The minimum Gasteiger partial charge on any atom is -0.293 e. The van der Waals surface area contributed by atoms with Crippen molar-refractivity contribution in [1.82, 2.24) is 0 Å². The molecule has 0 N–H and O–H groups in total. The van der Waals surface area contributed by atoms with Crippen LogP contribution in [0.4, 0.5) is 0 Å². The van der Waals surface area contributed by atoms with Crippen molar-refractivity contribution in [2.45, 2.75) is 44.3 Å². The first kappa shape index (κ1) is 12.7. The van der Waals surface area contributed by atoms with Crippen molar-refractivity contribution in [3.63, 3.8) is 0 Å². The average Bonchev–Trinajstić information content (AvgIpc) is 2.40. The summed E-state index contributed by atoms with van der Waals surface area (Å²) in [7, 11) is 0. The Morgan fingerprint density at radius 2 is 2.06 bits per heavy atom. The number of ketones is 1. The Kier molecular flexibility index (Phi) is 4.66. The van der Waals surface area contributed by atoms with E-state index in [1.807, 2.05) is 23.9 Å². The molecular weight excluding hydrogens is 228 g/mol. The van der Waals surface area contributed by atoms with Gasteiger partial charge in [0.25, 0.3) is 0 Å². The summed E-state index contributed by atoms with van der Waals surface area (Å²) in [6.07, 6.45) is 5.79. The van der Waals surface area contributed by atoms with Gasteiger partial charge in [-0.3, -0.25) is 4.79 Å². The Bertz CT molecular complexity index is 363. The maximum atomic E-state index is 12.2. The predicted octanol–water partition coefficient (Wildman–Crippen LogP) is 4.11. The molecule has 0 amide bonds. The van der Waals surface area contributed by atoms with E-state index in [0.717, 1.165) is 30.6 Å². The molecule has 2 rings (SSSR count). The highest BCUT2D eigenvalue weighted by Gasteiger charge is 2.22. The highest BCUT2D eigenvalue weighted by molar-refractivity contribution is 8.00. The molecule has 1 nitrogen and oxygen atoms in total. The van der Waals surface area contributed by atoms with Gasteiger partial charge in [-0.15, -0.1) is 0 Å². The number of hydrogen-bond donors (Lipinski definition) is 0. The first-order valence-corrected chi connectivity index (χ1v) is 7.61. The molecule has 0 saturated carbocycles. The van der Waals surface area contributed by atoms with Crippen molar-refractivity contribution in [3.05, 3.63) is 35.4 Å². The first-order valence-electron chi connectivity index (χ1n) is 6.56. The number of carbonyl (C=O) groups is 1. The van der Waals surface area contributed by atoms with Crippen LogP contribution in [0.1, 0.15) is 48.5 Å². The van der Waals surface area contributed by atoms with Crippen molar-refractivity contribution in [3.8, 4) is 0 Å². The van der Waals surface area contributed by atoms with Gasteiger partial charge in [0.2, 0.25) is 0 Å². The number of thioether (sulfide) groups is 1. The molecule has 1 atom stereocenters. The van der Waals surface area contributed by atoms with Crippen LogP contribution in [0.3, 0.4) is 0 Å². The normalized spacial score (nSPS) is 20.2. The molecule has 1 saturated heterocycles. The fraction of sp³-hybridized carbons (Fsp3) is 0.533. The summed E-state index contributed by atoms with van der Waals surface area (Å²) in [5.41, 5.74) is 2.23. The zero-order valence-corrected chi connectivity index (χ0v) is 11.3. The highest BCUT2D eigenvalue weighted by atomic mass is 32.2. The number of carbonyl (C=O) groups excluding carboxylic acids is 1. The second-order valence-electron chi connectivity index (χ2n) is 4.67. The van der Waals surface area contributed by atoms with Gasteiger partial charge >= 0.3 is 0 Å². The number of benzene rings is 1. The van der Waals surface area contributed by atoms with Crippen LogP contribution in [-0.2, 0) is 6.42 Å². The molecule has 1 unspecified atom stereocenters. The Hall–Kier alpha value is -0.760. The van der Waals surface area contributed by atoms with Gasteiger partial charge in [0.1, 0.15) is 0 Å². The number of aryl methyl sites for hydroxylation is 1. The van der Waals surface area contributed by atoms with Gasteiger partial charge in [-0.1, -0.05) is 44.0 Å². The fourth-order valence-corrected chi connectivity index (χ4v) is 3.53. The van der Waals surface area contributed by atoms with E-state index in [0.29, 0.717) is 5.78 Å². The monoisotopic (exact) mass is 248 g/mol. The Balaban J connectivity index is 2.03. The molecule has 0 aliphatic carbocycles. The molecule has 1 aromatic carbocycles. The lowest BCUT2D eigenvalue weighted by Crippen LogP contribution is -2.20. The molecule has 1 aliphatic heterocycles. The van der Waals surface area contributed by atoms with Gasteiger partial charge in [0.15, 0.2) is 5.78 Å². The summed E-state index contributed by atoms with van der Waals surface area (Å²) in [6, 6.07) is 8.21. The van der Waals surface area contributed by atoms with Crippen LogP contribution in [-0.4, -0.2) is 16.8 Å². The third-order valence-electron chi connectivity index (χ3n) is 3.25. The highest BCUT2D eigenvalue weighted by Crippen LogP contribution is 2.28. The molecule has 0 aromatic heterocycles. The molecule has 0 radical (unpaired) electrons. The summed E-state index contributed by atoms with van der Waals surface area (Å²) in [5, 5.41) is 0.209. The Labute approximate surface area is 108 Å². The maximum Gasteiger partial charge on any atom is 0.175 e. The maximum absolute atomic E-state index is 12.2. The van der Waals surface area contributed by atoms with Crippen molar-refractivity contribution >= 4 is 17.5 Å². The summed E-state index contributed by atoms with van der Waals surface area (Å²) >= 11 is 1.83. The standard InChI is InChI=1S/C15H20OS/c1-2-5-12-7-9-13(10-8-12)15(16)14-6-3-4-11-17-14/h7-10,14H,2-6,11H2,1H3. The van der Waals surface area contributed by atoms with Crippen LogP contribution >= 0.6 is 11.8 Å². The third-order valence-corrected chi connectivity index (χ3v) is 4.63. The van der Waals surface area contributed by atoms with Crippen LogP contribution in [0, 0.1) is 0 Å². The summed E-state index contributed by atoms with van der Waals surface area (Å²) < 4.78 is 0. The van der Waals surface area contributed by atoms with E-state index in [1.54, 1.807) is 0 Å². The minimum absolute atomic E-state index is 0.209. The van der Waals surface area contributed by atoms with Gasteiger partial charge < -0.3 is 0 Å². The topological polar surface area (TPSA) is 17.1 Å². The molecule has 2 heteroatoms. The smallest absolute Gasteiger partial charge is 0.175 e. The lowest BCUT2D eigenvalue weighted by molar-refractivity contribution is 0.0985. The van der Waals surface area contributed by atoms with Crippen molar-refractivity contribution in [2.24, 2.45) is 0 Å². The van der Waals surface area contributed by atoms with Crippen molar-refractivity contribution in [1.29, 1.82) is 0 Å². The number of rotatable bonds is 4. The molecule has 0 bridgehead atoms. The lowest BCUT2D eigenvalue weighted by atomic mass is 10.0. The summed E-state index contributed by atoms with van der Waals surface area (Å²) in [4.78, 5) is 12.2. The van der Waals surface area contributed by atoms with E-state index in [1.165, 1.54) is 18.4 Å². The van der Waals surface area contributed by atoms with E-state index in [2.05, 4.69) is 19.1 Å². The van der Waals surface area contributed by atoms with Crippen LogP contribution < -0.4 is 0 Å². The van der Waals surface area contributed by atoms with Crippen LogP contribution in [0.5, 0.6) is 0 Å². The van der Waals surface area contributed by atoms with E-state index in [4.69, 9.17) is 0 Å². The Morgan fingerprint density at radius 1 is 1.29 bits per heavy atom. The van der Waals surface area contributed by atoms with Gasteiger partial charge in [0, 0.05) is 5.56 Å². The molecule has 1 aromatic rings. The molecule has 1 fully saturated rings. The largest absolute Gasteiger partial charge is 0.293 e. The first-order chi connectivity index (χ1) is 8.31. The third kappa shape index (κ3) is 3.35. The zero-order valence-electron chi connectivity index (χ0n) is 10.4. The Morgan fingerprint density at radius 3 is 2.65 bits per heavy atom. The van der Waals surface area contributed by atoms with Crippen molar-refractivity contribution < 1.29 is 4.79 Å². The van der Waals surface area contributed by atoms with Gasteiger partial charge in [-0.2, -0.15) is 11.8 Å². The molecule has 92 valence electrons. The van der Waals surface area contributed by atoms with Crippen LogP contribution in [0.15, 0.2) is 24.3 Å². The minimum atomic E-state index is 0.209. The SMILES string of the molecule is CCCc1ccc(C(=O)C2CCCCS2)cc1. The second-order valence-corrected chi connectivity index (χ2v) is 5.98. The van der Waals surface area contributed by atoms with E-state index in [9.17, 15) is 4.79 Å².